The van der Waals surface area contributed by atoms with Gasteiger partial charge in [-0.3, -0.25) is 9.59 Å². The molecule has 7 nitrogen and oxygen atoms in total. The second-order valence-electron chi connectivity index (χ2n) is 6.21. The van der Waals surface area contributed by atoms with Crippen LogP contribution in [0.2, 0.25) is 0 Å². The number of carbonyl (C=O) groups is 2. The molecule has 0 spiro atoms. The summed E-state index contributed by atoms with van der Waals surface area (Å²) in [6, 6.07) is 10.5. The summed E-state index contributed by atoms with van der Waals surface area (Å²) in [6.45, 7) is 2.28. The number of nitrogens with one attached hydrogen (secondary N) is 1. The molecule has 2 aromatic rings. The monoisotopic (exact) mass is 350 g/mol. The zero-order valence-electron chi connectivity index (χ0n) is 14.5. The van der Waals surface area contributed by atoms with Crippen LogP contribution in [-0.2, 0) is 9.59 Å². The van der Waals surface area contributed by atoms with Crippen molar-refractivity contribution in [3.8, 4) is 17.7 Å². The van der Waals surface area contributed by atoms with Gasteiger partial charge in [-0.15, -0.1) is 0 Å². The van der Waals surface area contributed by atoms with Crippen LogP contribution in [0.25, 0.3) is 0 Å². The molecule has 26 heavy (non-hydrogen) atoms. The van der Waals surface area contributed by atoms with Gasteiger partial charge in [0, 0.05) is 31.9 Å². The Kier molecular flexibility index (Phi) is 4.85. The SMILES string of the molecule is Cc1cc(Oc2ncccc2C#N)ccc1NC(=O)C1CC(=O)N(C)C1. The molecule has 1 aromatic carbocycles. The Morgan fingerprint density at radius 1 is 1.42 bits per heavy atom. The fourth-order valence-electron chi connectivity index (χ4n) is 2.78. The van der Waals surface area contributed by atoms with E-state index in [1.165, 1.54) is 0 Å². The summed E-state index contributed by atoms with van der Waals surface area (Å²) in [5.41, 5.74) is 1.81. The molecule has 0 aliphatic carbocycles. The van der Waals surface area contributed by atoms with Crippen LogP contribution in [0.5, 0.6) is 11.6 Å². The molecule has 1 aliphatic rings. The molecule has 0 saturated carbocycles. The van der Waals surface area contributed by atoms with Crippen molar-refractivity contribution in [3.05, 3.63) is 47.7 Å². The van der Waals surface area contributed by atoms with Gasteiger partial charge in [0.15, 0.2) is 0 Å². The smallest absolute Gasteiger partial charge is 0.237 e. The lowest BCUT2D eigenvalue weighted by Crippen LogP contribution is -2.26. The van der Waals surface area contributed by atoms with Gasteiger partial charge < -0.3 is 15.0 Å². The Bertz CT molecular complexity index is 904. The van der Waals surface area contributed by atoms with E-state index in [9.17, 15) is 9.59 Å². The fourth-order valence-corrected chi connectivity index (χ4v) is 2.78. The van der Waals surface area contributed by atoms with Crippen molar-refractivity contribution in [2.24, 2.45) is 5.92 Å². The topological polar surface area (TPSA) is 95.3 Å². The second-order valence-corrected chi connectivity index (χ2v) is 6.21. The van der Waals surface area contributed by atoms with Crippen molar-refractivity contribution >= 4 is 17.5 Å². The molecule has 1 fully saturated rings. The third-order valence-corrected chi connectivity index (χ3v) is 4.27. The molecule has 1 aromatic heterocycles. The summed E-state index contributed by atoms with van der Waals surface area (Å²) in [5, 5.41) is 12.0. The molecule has 0 bridgehead atoms. The molecule has 3 rings (SSSR count). The summed E-state index contributed by atoms with van der Waals surface area (Å²) in [4.78, 5) is 29.6. The molecule has 1 aliphatic heterocycles. The fraction of sp³-hybridized carbons (Fsp3) is 0.263. The second kappa shape index (κ2) is 7.23. The summed E-state index contributed by atoms with van der Waals surface area (Å²) in [7, 11) is 1.69. The van der Waals surface area contributed by atoms with Gasteiger partial charge in [0.2, 0.25) is 17.7 Å². The molecule has 7 heteroatoms. The maximum atomic E-state index is 12.4. The van der Waals surface area contributed by atoms with Gasteiger partial charge in [-0.25, -0.2) is 4.98 Å². The first kappa shape index (κ1) is 17.4. The zero-order valence-corrected chi connectivity index (χ0v) is 14.5. The van der Waals surface area contributed by atoms with E-state index in [4.69, 9.17) is 10.00 Å². The van der Waals surface area contributed by atoms with E-state index in [2.05, 4.69) is 10.3 Å². The van der Waals surface area contributed by atoms with Crippen LogP contribution >= 0.6 is 0 Å². The van der Waals surface area contributed by atoms with Crippen LogP contribution in [0.3, 0.4) is 0 Å². The first-order valence-corrected chi connectivity index (χ1v) is 8.16. The molecule has 1 N–H and O–H groups in total. The average molecular weight is 350 g/mol. The van der Waals surface area contributed by atoms with Crippen molar-refractivity contribution < 1.29 is 14.3 Å². The van der Waals surface area contributed by atoms with E-state index in [-0.39, 0.29) is 30.0 Å². The van der Waals surface area contributed by atoms with Gasteiger partial charge in [0.1, 0.15) is 17.4 Å². The summed E-state index contributed by atoms with van der Waals surface area (Å²) in [5.74, 6) is 0.227. The predicted octanol–water partition coefficient (Wildman–Crippen LogP) is 2.47. The molecular formula is C19H18N4O3. The minimum Gasteiger partial charge on any atom is -0.438 e. The number of amides is 2. The number of rotatable bonds is 4. The molecule has 2 amide bonds. The number of ether oxygens (including phenoxy) is 1. The van der Waals surface area contributed by atoms with E-state index in [1.54, 1.807) is 48.5 Å². The summed E-state index contributed by atoms with van der Waals surface area (Å²) >= 11 is 0. The van der Waals surface area contributed by atoms with Crippen LogP contribution < -0.4 is 10.1 Å². The van der Waals surface area contributed by atoms with Crippen molar-refractivity contribution in [3.63, 3.8) is 0 Å². The maximum absolute atomic E-state index is 12.4. The van der Waals surface area contributed by atoms with Crippen molar-refractivity contribution in [1.82, 2.24) is 9.88 Å². The molecule has 1 atom stereocenters. The molecule has 2 heterocycles. The lowest BCUT2D eigenvalue weighted by molar-refractivity contribution is -0.127. The number of benzene rings is 1. The lowest BCUT2D eigenvalue weighted by Gasteiger charge is -2.14. The number of nitrogens with zero attached hydrogens (tertiary/aromatic N) is 3. The highest BCUT2D eigenvalue weighted by molar-refractivity contribution is 5.97. The van der Waals surface area contributed by atoms with Gasteiger partial charge in [-0.2, -0.15) is 5.26 Å². The Morgan fingerprint density at radius 3 is 2.88 bits per heavy atom. The third kappa shape index (κ3) is 3.64. The van der Waals surface area contributed by atoms with Crippen LogP contribution in [-0.4, -0.2) is 35.3 Å². The third-order valence-electron chi connectivity index (χ3n) is 4.27. The average Bonchev–Trinajstić information content (AvgIpc) is 2.97. The van der Waals surface area contributed by atoms with E-state index < -0.39 is 0 Å². The van der Waals surface area contributed by atoms with Crippen molar-refractivity contribution in [1.29, 1.82) is 5.26 Å². The number of anilines is 1. The van der Waals surface area contributed by atoms with E-state index >= 15 is 0 Å². The van der Waals surface area contributed by atoms with Crippen LogP contribution in [0.15, 0.2) is 36.5 Å². The first-order chi connectivity index (χ1) is 12.5. The number of nitriles is 1. The molecular weight excluding hydrogens is 332 g/mol. The Balaban J connectivity index is 1.71. The minimum atomic E-state index is -0.338. The van der Waals surface area contributed by atoms with Gasteiger partial charge in [0.05, 0.1) is 5.92 Å². The minimum absolute atomic E-state index is 0.0192. The number of carbonyl (C=O) groups excluding carboxylic acids is 2. The van der Waals surface area contributed by atoms with Gasteiger partial charge >= 0.3 is 0 Å². The van der Waals surface area contributed by atoms with E-state index in [0.717, 1.165) is 5.56 Å². The van der Waals surface area contributed by atoms with Crippen LogP contribution in [0.4, 0.5) is 5.69 Å². The van der Waals surface area contributed by atoms with Crippen LogP contribution in [0.1, 0.15) is 17.5 Å². The number of hydrogen-bond acceptors (Lipinski definition) is 5. The van der Waals surface area contributed by atoms with E-state index in [0.29, 0.717) is 23.5 Å². The normalized spacial score (nSPS) is 16.3. The number of likely N-dealkylation sites (tertiary alicyclic amines) is 1. The number of hydrogen-bond donors (Lipinski definition) is 1. The summed E-state index contributed by atoms with van der Waals surface area (Å²) in [6.07, 6.45) is 1.79. The molecule has 1 unspecified atom stereocenters. The largest absolute Gasteiger partial charge is 0.438 e. The number of pyridine rings is 1. The zero-order chi connectivity index (χ0) is 18.7. The number of aryl methyl sites for hydroxylation is 1. The lowest BCUT2D eigenvalue weighted by atomic mass is 10.1. The molecule has 132 valence electrons. The predicted molar refractivity (Wildman–Crippen MR) is 94.6 cm³/mol. The standard InChI is InChI=1S/C19H18N4O3/c1-12-8-15(26-19-13(10-20)4-3-7-21-19)5-6-16(12)22-18(25)14-9-17(24)23(2)11-14/h3-8,14H,9,11H2,1-2H3,(H,22,25). The molecule has 1 saturated heterocycles. The first-order valence-electron chi connectivity index (χ1n) is 8.16. The Hall–Kier alpha value is -3.40. The molecule has 0 radical (unpaired) electrons. The Labute approximate surface area is 151 Å². The van der Waals surface area contributed by atoms with Gasteiger partial charge in [-0.1, -0.05) is 0 Å². The van der Waals surface area contributed by atoms with Crippen molar-refractivity contribution in [2.45, 2.75) is 13.3 Å². The summed E-state index contributed by atoms with van der Waals surface area (Å²) < 4.78 is 5.67. The highest BCUT2D eigenvalue weighted by Crippen LogP contribution is 2.27. The van der Waals surface area contributed by atoms with E-state index in [1.807, 2.05) is 13.0 Å². The van der Waals surface area contributed by atoms with Gasteiger partial charge in [-0.05, 0) is 42.8 Å². The Morgan fingerprint density at radius 2 is 2.23 bits per heavy atom. The van der Waals surface area contributed by atoms with Crippen LogP contribution in [0, 0.1) is 24.2 Å². The quantitative estimate of drug-likeness (QED) is 0.914. The maximum Gasteiger partial charge on any atom is 0.237 e. The van der Waals surface area contributed by atoms with Crippen molar-refractivity contribution in [2.75, 3.05) is 18.9 Å². The highest BCUT2D eigenvalue weighted by Gasteiger charge is 2.32. The highest BCUT2D eigenvalue weighted by atomic mass is 16.5. The number of aromatic nitrogens is 1. The van der Waals surface area contributed by atoms with Gasteiger partial charge in [0.25, 0.3) is 0 Å².